The third-order valence-electron chi connectivity index (χ3n) is 3.20. The predicted molar refractivity (Wildman–Crippen MR) is 80.5 cm³/mol. The zero-order chi connectivity index (χ0) is 15.0. The van der Waals surface area contributed by atoms with Crippen molar-refractivity contribution in [3.05, 3.63) is 48.7 Å². The molecule has 0 unspecified atom stereocenters. The molecule has 0 aliphatic heterocycles. The number of nitrogens with zero attached hydrogens (tertiary/aromatic N) is 3. The van der Waals surface area contributed by atoms with Gasteiger partial charge in [-0.2, -0.15) is 0 Å². The van der Waals surface area contributed by atoms with Crippen molar-refractivity contribution in [1.29, 1.82) is 0 Å². The molecule has 0 spiro atoms. The average molecular weight is 302 g/mol. The van der Waals surface area contributed by atoms with E-state index >= 15 is 0 Å². The molecule has 1 aromatic carbocycles. The number of anilines is 1. The molecule has 3 aromatic rings. The number of aromatic nitrogens is 3. The third-order valence-corrected chi connectivity index (χ3v) is 4.58. The number of aryl methyl sites for hydroxylation is 2. The van der Waals surface area contributed by atoms with Crippen molar-refractivity contribution in [2.24, 2.45) is 7.05 Å². The van der Waals surface area contributed by atoms with Gasteiger partial charge in [-0.15, -0.1) is 0 Å². The van der Waals surface area contributed by atoms with Gasteiger partial charge in [0.25, 0.3) is 10.0 Å². The van der Waals surface area contributed by atoms with E-state index in [0.29, 0.717) is 11.5 Å². The highest BCUT2D eigenvalue weighted by atomic mass is 32.2. The van der Waals surface area contributed by atoms with E-state index in [4.69, 9.17) is 0 Å². The second-order valence-electron chi connectivity index (χ2n) is 4.77. The van der Waals surface area contributed by atoms with Gasteiger partial charge in [0.15, 0.2) is 0 Å². The molecule has 1 N–H and O–H groups in total. The summed E-state index contributed by atoms with van der Waals surface area (Å²) in [4.78, 5) is 8.15. The molecule has 0 fully saturated rings. The maximum absolute atomic E-state index is 12.4. The zero-order valence-electron chi connectivity index (χ0n) is 11.6. The molecule has 7 heteroatoms. The molecule has 0 saturated heterocycles. The molecule has 0 saturated carbocycles. The Hall–Kier alpha value is -2.41. The molecule has 0 amide bonds. The first kappa shape index (κ1) is 13.6. The smallest absolute Gasteiger partial charge is 0.262 e. The first-order valence-corrected chi connectivity index (χ1v) is 7.80. The average Bonchev–Trinajstić information content (AvgIpc) is 2.82. The van der Waals surface area contributed by atoms with E-state index in [1.165, 1.54) is 12.4 Å². The normalized spacial score (nSPS) is 11.7. The van der Waals surface area contributed by atoms with Crippen LogP contribution < -0.4 is 4.72 Å². The highest BCUT2D eigenvalue weighted by Gasteiger charge is 2.15. The number of sulfonamides is 1. The van der Waals surface area contributed by atoms with Crippen molar-refractivity contribution >= 4 is 26.6 Å². The standard InChI is InChI=1S/C14H14N4O2S/c1-10-15-8-12(9-16-10)17-21(19,20)13-3-4-14-11(7-13)5-6-18(14)2/h3-9,17H,1-2H3. The van der Waals surface area contributed by atoms with Gasteiger partial charge >= 0.3 is 0 Å². The summed E-state index contributed by atoms with van der Waals surface area (Å²) in [6.07, 6.45) is 4.78. The van der Waals surface area contributed by atoms with Crippen LogP contribution in [0.4, 0.5) is 5.69 Å². The fourth-order valence-electron chi connectivity index (χ4n) is 2.09. The SMILES string of the molecule is Cc1ncc(NS(=O)(=O)c2ccc3c(ccn3C)c2)cn1. The van der Waals surface area contributed by atoms with Crippen LogP contribution in [0.25, 0.3) is 10.9 Å². The Labute approximate surface area is 122 Å². The highest BCUT2D eigenvalue weighted by molar-refractivity contribution is 7.92. The quantitative estimate of drug-likeness (QED) is 0.803. The summed E-state index contributed by atoms with van der Waals surface area (Å²) in [6, 6.07) is 6.89. The molecule has 0 aliphatic rings. The van der Waals surface area contributed by atoms with E-state index in [1.807, 2.05) is 23.9 Å². The number of hydrogen-bond acceptors (Lipinski definition) is 4. The van der Waals surface area contributed by atoms with Crippen molar-refractivity contribution < 1.29 is 8.42 Å². The number of rotatable bonds is 3. The summed E-state index contributed by atoms with van der Waals surface area (Å²) in [5.41, 5.74) is 1.32. The summed E-state index contributed by atoms with van der Waals surface area (Å²) in [5.74, 6) is 0.587. The Bertz CT molecular complexity index is 898. The van der Waals surface area contributed by atoms with Crippen LogP contribution in [0.2, 0.25) is 0 Å². The Morgan fingerprint density at radius 2 is 1.86 bits per heavy atom. The van der Waals surface area contributed by atoms with E-state index < -0.39 is 10.0 Å². The molecule has 21 heavy (non-hydrogen) atoms. The van der Waals surface area contributed by atoms with E-state index in [1.54, 1.807) is 25.1 Å². The molecule has 6 nitrogen and oxygen atoms in total. The number of nitrogens with one attached hydrogen (secondary N) is 1. The molecule has 0 aliphatic carbocycles. The van der Waals surface area contributed by atoms with Crippen LogP contribution in [0.5, 0.6) is 0 Å². The first-order chi connectivity index (χ1) is 9.95. The Morgan fingerprint density at radius 1 is 1.14 bits per heavy atom. The Kier molecular flexibility index (Phi) is 3.13. The predicted octanol–water partition coefficient (Wildman–Crippen LogP) is 2.08. The minimum Gasteiger partial charge on any atom is -0.351 e. The molecular weight excluding hydrogens is 288 g/mol. The maximum Gasteiger partial charge on any atom is 0.262 e. The highest BCUT2D eigenvalue weighted by Crippen LogP contribution is 2.21. The molecule has 2 heterocycles. The minimum atomic E-state index is -3.65. The molecule has 2 aromatic heterocycles. The monoisotopic (exact) mass is 302 g/mol. The van der Waals surface area contributed by atoms with E-state index in [-0.39, 0.29) is 4.90 Å². The van der Waals surface area contributed by atoms with Crippen molar-refractivity contribution in [1.82, 2.24) is 14.5 Å². The lowest BCUT2D eigenvalue weighted by molar-refractivity contribution is 0.601. The van der Waals surface area contributed by atoms with E-state index in [9.17, 15) is 8.42 Å². The van der Waals surface area contributed by atoms with Gasteiger partial charge in [-0.25, -0.2) is 18.4 Å². The van der Waals surface area contributed by atoms with Gasteiger partial charge < -0.3 is 4.57 Å². The molecular formula is C14H14N4O2S. The van der Waals surface area contributed by atoms with Gasteiger partial charge in [-0.1, -0.05) is 0 Å². The van der Waals surface area contributed by atoms with Crippen LogP contribution in [0.1, 0.15) is 5.82 Å². The van der Waals surface area contributed by atoms with Crippen LogP contribution in [0, 0.1) is 6.92 Å². The minimum absolute atomic E-state index is 0.210. The van der Waals surface area contributed by atoms with E-state index in [0.717, 1.165) is 10.9 Å². The molecule has 108 valence electrons. The molecule has 0 radical (unpaired) electrons. The number of fused-ring (bicyclic) bond motifs is 1. The maximum atomic E-state index is 12.4. The van der Waals surface area contributed by atoms with Crippen LogP contribution >= 0.6 is 0 Å². The van der Waals surface area contributed by atoms with Gasteiger partial charge in [0.1, 0.15) is 5.82 Å². The summed E-state index contributed by atoms with van der Waals surface area (Å²) in [6.45, 7) is 1.74. The van der Waals surface area contributed by atoms with Crippen molar-refractivity contribution in [3.8, 4) is 0 Å². The Balaban J connectivity index is 1.97. The summed E-state index contributed by atoms with van der Waals surface area (Å²) < 4.78 is 29.1. The number of hydrogen-bond donors (Lipinski definition) is 1. The topological polar surface area (TPSA) is 76.9 Å². The molecule has 0 atom stereocenters. The number of benzene rings is 1. The van der Waals surface area contributed by atoms with Crippen molar-refractivity contribution in [3.63, 3.8) is 0 Å². The van der Waals surface area contributed by atoms with Crippen LogP contribution in [0.15, 0.2) is 47.8 Å². The van der Waals surface area contributed by atoms with Crippen LogP contribution in [-0.2, 0) is 17.1 Å². The lowest BCUT2D eigenvalue weighted by Crippen LogP contribution is -2.13. The second kappa shape index (κ2) is 4.85. The fraction of sp³-hybridized carbons (Fsp3) is 0.143. The van der Waals surface area contributed by atoms with Gasteiger partial charge in [0, 0.05) is 24.1 Å². The fourth-order valence-corrected chi connectivity index (χ4v) is 3.15. The summed E-state index contributed by atoms with van der Waals surface area (Å²) in [5, 5.41) is 0.875. The van der Waals surface area contributed by atoms with Gasteiger partial charge in [0.2, 0.25) is 0 Å². The van der Waals surface area contributed by atoms with Gasteiger partial charge in [-0.05, 0) is 31.2 Å². The lowest BCUT2D eigenvalue weighted by atomic mass is 10.2. The molecule has 3 rings (SSSR count). The molecule has 0 bridgehead atoms. The zero-order valence-corrected chi connectivity index (χ0v) is 12.4. The summed E-state index contributed by atoms with van der Waals surface area (Å²) in [7, 11) is -1.73. The van der Waals surface area contributed by atoms with Crippen molar-refractivity contribution in [2.45, 2.75) is 11.8 Å². The van der Waals surface area contributed by atoms with Gasteiger partial charge in [-0.3, -0.25) is 4.72 Å². The van der Waals surface area contributed by atoms with Crippen LogP contribution in [-0.4, -0.2) is 23.0 Å². The first-order valence-electron chi connectivity index (χ1n) is 6.32. The van der Waals surface area contributed by atoms with Crippen LogP contribution in [0.3, 0.4) is 0 Å². The second-order valence-corrected chi connectivity index (χ2v) is 6.45. The summed E-state index contributed by atoms with van der Waals surface area (Å²) >= 11 is 0. The lowest BCUT2D eigenvalue weighted by Gasteiger charge is -2.08. The van der Waals surface area contributed by atoms with Crippen molar-refractivity contribution in [2.75, 3.05) is 4.72 Å². The largest absolute Gasteiger partial charge is 0.351 e. The van der Waals surface area contributed by atoms with Gasteiger partial charge in [0.05, 0.1) is 23.0 Å². The Morgan fingerprint density at radius 3 is 2.57 bits per heavy atom. The third kappa shape index (κ3) is 2.59. The van der Waals surface area contributed by atoms with E-state index in [2.05, 4.69) is 14.7 Å².